The van der Waals surface area contributed by atoms with E-state index >= 15 is 0 Å². The van der Waals surface area contributed by atoms with Crippen LogP contribution in [0, 0.1) is 0 Å². The Morgan fingerprint density at radius 1 is 1.41 bits per heavy atom. The van der Waals surface area contributed by atoms with E-state index in [2.05, 4.69) is 15.5 Å². The molecule has 94 valence electrons. The van der Waals surface area contributed by atoms with E-state index in [1.54, 1.807) is 4.90 Å². The number of aromatic nitrogens is 2. The Morgan fingerprint density at radius 3 is 3.00 bits per heavy atom. The number of hydrogen-bond acceptors (Lipinski definition) is 6. The summed E-state index contributed by atoms with van der Waals surface area (Å²) < 4.78 is 5.47. The number of rotatable bonds is 3. The fourth-order valence-corrected chi connectivity index (χ4v) is 1.74. The number of nitrogens with zero attached hydrogens (tertiary/aromatic N) is 4. The summed E-state index contributed by atoms with van der Waals surface area (Å²) in [4.78, 5) is 15.3. The first-order chi connectivity index (χ1) is 8.20. The first-order valence-electron chi connectivity index (χ1n) is 5.66. The first kappa shape index (κ1) is 11.8. The van der Waals surface area contributed by atoms with E-state index in [1.807, 2.05) is 19.0 Å². The molecule has 0 unspecified atom stereocenters. The second-order valence-corrected chi connectivity index (χ2v) is 4.10. The molecule has 7 nitrogen and oxygen atoms in total. The van der Waals surface area contributed by atoms with Crippen molar-refractivity contribution < 1.29 is 9.21 Å². The molecule has 7 heteroatoms. The van der Waals surface area contributed by atoms with Crippen LogP contribution in [0.2, 0.25) is 0 Å². The summed E-state index contributed by atoms with van der Waals surface area (Å²) in [5.41, 5.74) is 0. The lowest BCUT2D eigenvalue weighted by Crippen LogP contribution is -2.34. The summed E-state index contributed by atoms with van der Waals surface area (Å²) >= 11 is 0. The SMILES string of the molecule is CNCc1nnc(N2CCCN(C)C(=O)C2)o1. The highest BCUT2D eigenvalue weighted by Gasteiger charge is 2.22. The zero-order chi connectivity index (χ0) is 12.3. The van der Waals surface area contributed by atoms with Crippen LogP contribution in [0.25, 0.3) is 0 Å². The van der Waals surface area contributed by atoms with E-state index < -0.39 is 0 Å². The minimum atomic E-state index is 0.0795. The van der Waals surface area contributed by atoms with E-state index in [0.29, 0.717) is 25.0 Å². The van der Waals surface area contributed by atoms with Crippen LogP contribution in [0.15, 0.2) is 4.42 Å². The van der Waals surface area contributed by atoms with Crippen LogP contribution in [0.3, 0.4) is 0 Å². The summed E-state index contributed by atoms with van der Waals surface area (Å²) in [6, 6.07) is 0.430. The summed E-state index contributed by atoms with van der Waals surface area (Å²) in [5.74, 6) is 0.614. The number of nitrogens with one attached hydrogen (secondary N) is 1. The zero-order valence-corrected chi connectivity index (χ0v) is 10.1. The largest absolute Gasteiger partial charge is 0.407 e. The van der Waals surface area contributed by atoms with Crippen molar-refractivity contribution in [3.63, 3.8) is 0 Å². The van der Waals surface area contributed by atoms with Gasteiger partial charge in [0, 0.05) is 20.1 Å². The summed E-state index contributed by atoms with van der Waals surface area (Å²) in [5, 5.41) is 10.8. The lowest BCUT2D eigenvalue weighted by atomic mass is 10.4. The maximum atomic E-state index is 11.7. The number of hydrogen-bond donors (Lipinski definition) is 1. The van der Waals surface area contributed by atoms with E-state index in [0.717, 1.165) is 19.5 Å². The van der Waals surface area contributed by atoms with Crippen LogP contribution in [0.4, 0.5) is 6.01 Å². The van der Waals surface area contributed by atoms with E-state index in [-0.39, 0.29) is 5.91 Å². The van der Waals surface area contributed by atoms with Crippen LogP contribution in [0.1, 0.15) is 12.3 Å². The molecule has 1 N–H and O–H groups in total. The lowest BCUT2D eigenvalue weighted by molar-refractivity contribution is -0.127. The molecule has 1 aromatic rings. The van der Waals surface area contributed by atoms with Crippen molar-refractivity contribution in [2.75, 3.05) is 38.6 Å². The van der Waals surface area contributed by atoms with Crippen LogP contribution < -0.4 is 10.2 Å². The predicted molar refractivity (Wildman–Crippen MR) is 61.5 cm³/mol. The van der Waals surface area contributed by atoms with Crippen LogP contribution in [0.5, 0.6) is 0 Å². The highest BCUT2D eigenvalue weighted by Crippen LogP contribution is 2.14. The third-order valence-electron chi connectivity index (χ3n) is 2.73. The summed E-state index contributed by atoms with van der Waals surface area (Å²) in [6.45, 7) is 2.37. The third kappa shape index (κ3) is 2.73. The number of carbonyl (C=O) groups is 1. The second-order valence-electron chi connectivity index (χ2n) is 4.10. The molecule has 0 atom stereocenters. The molecule has 0 bridgehead atoms. The van der Waals surface area contributed by atoms with Crippen molar-refractivity contribution in [3.8, 4) is 0 Å². The maximum Gasteiger partial charge on any atom is 0.318 e. The van der Waals surface area contributed by atoms with Crippen molar-refractivity contribution in [1.82, 2.24) is 20.4 Å². The molecule has 0 spiro atoms. The monoisotopic (exact) mass is 239 g/mol. The molecule has 0 saturated carbocycles. The van der Waals surface area contributed by atoms with Gasteiger partial charge in [0.05, 0.1) is 6.54 Å². The molecule has 17 heavy (non-hydrogen) atoms. The predicted octanol–water partition coefficient (Wildman–Crippen LogP) is -0.542. The number of carbonyl (C=O) groups excluding carboxylic acids is 1. The van der Waals surface area contributed by atoms with Crippen LogP contribution in [-0.2, 0) is 11.3 Å². The number of anilines is 1. The Balaban J connectivity index is 2.07. The highest BCUT2D eigenvalue weighted by molar-refractivity contribution is 5.80. The molecular weight excluding hydrogens is 222 g/mol. The zero-order valence-electron chi connectivity index (χ0n) is 10.1. The minimum absolute atomic E-state index is 0.0795. The molecule has 1 aromatic heterocycles. The van der Waals surface area contributed by atoms with Gasteiger partial charge in [-0.25, -0.2) is 0 Å². The second kappa shape index (κ2) is 5.13. The van der Waals surface area contributed by atoms with Gasteiger partial charge in [0.1, 0.15) is 6.54 Å². The lowest BCUT2D eigenvalue weighted by Gasteiger charge is -2.16. The summed E-state index contributed by atoms with van der Waals surface area (Å²) in [7, 11) is 3.63. The topological polar surface area (TPSA) is 74.5 Å². The number of amides is 1. The molecule has 1 saturated heterocycles. The van der Waals surface area contributed by atoms with Gasteiger partial charge in [-0.1, -0.05) is 5.10 Å². The van der Waals surface area contributed by atoms with Crippen molar-refractivity contribution in [1.29, 1.82) is 0 Å². The Bertz CT molecular complexity index is 392. The highest BCUT2D eigenvalue weighted by atomic mass is 16.4. The third-order valence-corrected chi connectivity index (χ3v) is 2.73. The van der Waals surface area contributed by atoms with Crippen molar-refractivity contribution in [2.45, 2.75) is 13.0 Å². The van der Waals surface area contributed by atoms with Gasteiger partial charge < -0.3 is 19.5 Å². The average molecular weight is 239 g/mol. The first-order valence-corrected chi connectivity index (χ1v) is 5.66. The van der Waals surface area contributed by atoms with Crippen LogP contribution >= 0.6 is 0 Å². The fourth-order valence-electron chi connectivity index (χ4n) is 1.74. The van der Waals surface area contributed by atoms with Gasteiger partial charge in [0.15, 0.2) is 0 Å². The van der Waals surface area contributed by atoms with Gasteiger partial charge in [-0.2, -0.15) is 0 Å². The molecule has 0 aliphatic carbocycles. The average Bonchev–Trinajstić information content (AvgIpc) is 2.69. The molecular formula is C10H17N5O2. The Kier molecular flexibility index (Phi) is 3.58. The Labute approximate surface area is 99.8 Å². The smallest absolute Gasteiger partial charge is 0.318 e. The van der Waals surface area contributed by atoms with E-state index in [9.17, 15) is 4.79 Å². The van der Waals surface area contributed by atoms with E-state index in [1.165, 1.54) is 0 Å². The van der Waals surface area contributed by atoms with Gasteiger partial charge in [-0.05, 0) is 13.5 Å². The molecule has 1 amide bonds. The Morgan fingerprint density at radius 2 is 2.24 bits per heavy atom. The van der Waals surface area contributed by atoms with Crippen molar-refractivity contribution >= 4 is 11.9 Å². The maximum absolute atomic E-state index is 11.7. The van der Waals surface area contributed by atoms with Crippen molar-refractivity contribution in [3.05, 3.63) is 5.89 Å². The molecule has 2 heterocycles. The molecule has 0 radical (unpaired) electrons. The molecule has 1 fully saturated rings. The van der Waals surface area contributed by atoms with Gasteiger partial charge in [-0.15, -0.1) is 5.10 Å². The van der Waals surface area contributed by atoms with Gasteiger partial charge >= 0.3 is 6.01 Å². The van der Waals surface area contributed by atoms with Gasteiger partial charge in [-0.3, -0.25) is 4.79 Å². The molecule has 1 aliphatic heterocycles. The van der Waals surface area contributed by atoms with Crippen LogP contribution in [-0.4, -0.2) is 54.7 Å². The minimum Gasteiger partial charge on any atom is -0.407 e. The Hall–Kier alpha value is -1.63. The molecule has 1 aliphatic rings. The molecule has 2 rings (SSSR count). The quantitative estimate of drug-likeness (QED) is 0.763. The van der Waals surface area contributed by atoms with E-state index in [4.69, 9.17) is 4.42 Å². The molecule has 0 aromatic carbocycles. The fraction of sp³-hybridized carbons (Fsp3) is 0.700. The normalized spacial score (nSPS) is 17.4. The van der Waals surface area contributed by atoms with Gasteiger partial charge in [0.2, 0.25) is 11.8 Å². The standard InChI is InChI=1S/C10H17N5O2/c1-11-6-8-12-13-10(17-8)15-5-3-4-14(2)9(16)7-15/h11H,3-7H2,1-2H3. The number of likely N-dealkylation sites (N-methyl/N-ethyl adjacent to an activating group) is 1. The van der Waals surface area contributed by atoms with Gasteiger partial charge in [0.25, 0.3) is 0 Å². The summed E-state index contributed by atoms with van der Waals surface area (Å²) in [6.07, 6.45) is 0.909. The van der Waals surface area contributed by atoms with Crippen molar-refractivity contribution in [2.24, 2.45) is 0 Å².